The first-order chi connectivity index (χ1) is 9.21. The zero-order chi connectivity index (χ0) is 15.1. The third-order valence-corrected chi connectivity index (χ3v) is 4.56. The van der Waals surface area contributed by atoms with Gasteiger partial charge in [-0.25, -0.2) is 13.6 Å². The van der Waals surface area contributed by atoms with Gasteiger partial charge in [-0.1, -0.05) is 0 Å². The van der Waals surface area contributed by atoms with Gasteiger partial charge in [0, 0.05) is 26.9 Å². The molecule has 1 aliphatic rings. The van der Waals surface area contributed by atoms with Gasteiger partial charge in [-0.2, -0.15) is 0 Å². The van der Waals surface area contributed by atoms with Crippen LogP contribution < -0.4 is 5.14 Å². The van der Waals surface area contributed by atoms with Crippen molar-refractivity contribution >= 4 is 15.9 Å². The Hall–Kier alpha value is -1.38. The Morgan fingerprint density at radius 2 is 2.20 bits per heavy atom. The second-order valence-electron chi connectivity index (χ2n) is 5.06. The third kappa shape index (κ3) is 2.72. The summed E-state index contributed by atoms with van der Waals surface area (Å²) in [6, 6.07) is 1.30. The van der Waals surface area contributed by atoms with Gasteiger partial charge in [0.05, 0.1) is 12.1 Å². The molecular formula is C12H19N3O4S. The molecule has 2 atom stereocenters. The molecule has 0 radical (unpaired) electrons. The summed E-state index contributed by atoms with van der Waals surface area (Å²) in [5.41, 5.74) is 0.288. The van der Waals surface area contributed by atoms with Gasteiger partial charge in [0.1, 0.15) is 10.6 Å². The summed E-state index contributed by atoms with van der Waals surface area (Å²) < 4.78 is 29.6. The van der Waals surface area contributed by atoms with E-state index in [2.05, 4.69) is 0 Å². The summed E-state index contributed by atoms with van der Waals surface area (Å²) in [4.78, 5) is 14.0. The average molecular weight is 301 g/mol. The van der Waals surface area contributed by atoms with Crippen LogP contribution in [0.25, 0.3) is 0 Å². The van der Waals surface area contributed by atoms with Crippen molar-refractivity contribution in [3.8, 4) is 0 Å². The van der Waals surface area contributed by atoms with Crippen molar-refractivity contribution in [1.82, 2.24) is 9.47 Å². The number of likely N-dealkylation sites (N-methyl/N-ethyl adjacent to an activating group) is 1. The monoisotopic (exact) mass is 301 g/mol. The Balaban J connectivity index is 2.27. The molecular weight excluding hydrogens is 282 g/mol. The number of carbonyl (C=O) groups excluding carboxylic acids is 1. The molecule has 8 heteroatoms. The molecule has 0 bridgehead atoms. The maximum absolute atomic E-state index is 12.5. The maximum atomic E-state index is 12.5. The maximum Gasteiger partial charge on any atom is 0.270 e. The molecule has 1 aromatic rings. The van der Waals surface area contributed by atoms with Crippen LogP contribution >= 0.6 is 0 Å². The summed E-state index contributed by atoms with van der Waals surface area (Å²) in [5.74, 6) is -0.246. The minimum atomic E-state index is -3.81. The Morgan fingerprint density at radius 3 is 2.65 bits per heavy atom. The van der Waals surface area contributed by atoms with Crippen molar-refractivity contribution in [2.45, 2.75) is 30.4 Å². The average Bonchev–Trinajstić information content (AvgIpc) is 2.93. The summed E-state index contributed by atoms with van der Waals surface area (Å²) in [5, 5.41) is 5.07. The van der Waals surface area contributed by atoms with Crippen molar-refractivity contribution in [2.24, 2.45) is 12.2 Å². The van der Waals surface area contributed by atoms with E-state index in [4.69, 9.17) is 9.88 Å². The van der Waals surface area contributed by atoms with E-state index in [1.54, 1.807) is 19.0 Å². The molecule has 20 heavy (non-hydrogen) atoms. The van der Waals surface area contributed by atoms with E-state index in [1.165, 1.54) is 16.8 Å². The molecule has 7 nitrogen and oxygen atoms in total. The van der Waals surface area contributed by atoms with Crippen LogP contribution in [0.1, 0.15) is 23.8 Å². The molecule has 0 aromatic carbocycles. The van der Waals surface area contributed by atoms with Crippen molar-refractivity contribution in [2.75, 3.05) is 13.7 Å². The number of hydrogen-bond acceptors (Lipinski definition) is 4. The number of ether oxygens (including phenoxy) is 1. The lowest BCUT2D eigenvalue weighted by molar-refractivity contribution is 0.0567. The molecule has 0 aliphatic carbocycles. The van der Waals surface area contributed by atoms with E-state index >= 15 is 0 Å². The number of sulfonamides is 1. The van der Waals surface area contributed by atoms with Crippen molar-refractivity contribution in [3.63, 3.8) is 0 Å². The molecule has 2 unspecified atom stereocenters. The lowest BCUT2D eigenvalue weighted by Gasteiger charge is -2.26. The number of amides is 1. The first-order valence-electron chi connectivity index (χ1n) is 6.29. The highest BCUT2D eigenvalue weighted by Crippen LogP contribution is 2.21. The fourth-order valence-corrected chi connectivity index (χ4v) is 3.04. The van der Waals surface area contributed by atoms with Crippen LogP contribution in [-0.2, 0) is 21.8 Å². The van der Waals surface area contributed by atoms with Crippen LogP contribution in [0.3, 0.4) is 0 Å². The first kappa shape index (κ1) is 15.0. The molecule has 0 saturated carbocycles. The van der Waals surface area contributed by atoms with Crippen LogP contribution in [0.5, 0.6) is 0 Å². The fraction of sp³-hybridized carbons (Fsp3) is 0.583. The van der Waals surface area contributed by atoms with Crippen LogP contribution in [0.15, 0.2) is 17.2 Å². The molecule has 1 aliphatic heterocycles. The Kier molecular flexibility index (Phi) is 3.90. The molecule has 2 heterocycles. The number of rotatable bonds is 3. The molecule has 2 N–H and O–H groups in total. The van der Waals surface area contributed by atoms with Crippen molar-refractivity contribution in [1.29, 1.82) is 0 Å². The second kappa shape index (κ2) is 5.19. The van der Waals surface area contributed by atoms with E-state index in [1.807, 2.05) is 6.92 Å². The lowest BCUT2D eigenvalue weighted by atomic mass is 10.1. The summed E-state index contributed by atoms with van der Waals surface area (Å²) in [6.45, 7) is 2.54. The van der Waals surface area contributed by atoms with Gasteiger partial charge >= 0.3 is 0 Å². The van der Waals surface area contributed by atoms with E-state index in [0.717, 1.165) is 6.42 Å². The SMILES string of the molecule is CC1OCCC1N(C)C(=O)c1cc(S(N)(=O)=O)cn1C. The largest absolute Gasteiger partial charge is 0.376 e. The smallest absolute Gasteiger partial charge is 0.270 e. The normalized spacial score (nSPS) is 23.0. The zero-order valence-corrected chi connectivity index (χ0v) is 12.6. The Morgan fingerprint density at radius 1 is 1.55 bits per heavy atom. The standard InChI is InChI=1S/C12H19N3O4S/c1-8-10(4-5-19-8)15(3)12(16)11-6-9(7-14(11)2)20(13,17)18/h6-8,10H,4-5H2,1-3H3,(H2,13,17,18). The van der Waals surface area contributed by atoms with Crippen LogP contribution in [0.2, 0.25) is 0 Å². The number of carbonyl (C=O) groups is 1. The predicted molar refractivity (Wildman–Crippen MR) is 72.7 cm³/mol. The minimum Gasteiger partial charge on any atom is -0.376 e. The fourth-order valence-electron chi connectivity index (χ4n) is 2.46. The number of aryl methyl sites for hydroxylation is 1. The number of nitrogens with zero attached hydrogens (tertiary/aromatic N) is 2. The number of nitrogens with two attached hydrogens (primary N) is 1. The summed E-state index contributed by atoms with van der Waals surface area (Å²) >= 11 is 0. The van der Waals surface area contributed by atoms with Crippen LogP contribution in [0.4, 0.5) is 0 Å². The van der Waals surface area contributed by atoms with Gasteiger partial charge in [0.25, 0.3) is 5.91 Å². The Labute approximate surface area is 118 Å². The first-order valence-corrected chi connectivity index (χ1v) is 7.84. The molecule has 1 saturated heterocycles. The van der Waals surface area contributed by atoms with Crippen LogP contribution in [0, 0.1) is 0 Å². The van der Waals surface area contributed by atoms with Gasteiger partial charge in [-0.15, -0.1) is 0 Å². The van der Waals surface area contributed by atoms with Gasteiger partial charge in [0.2, 0.25) is 10.0 Å². The second-order valence-corrected chi connectivity index (χ2v) is 6.63. The Bertz CT molecular complexity index is 623. The van der Waals surface area contributed by atoms with E-state index in [9.17, 15) is 13.2 Å². The molecule has 2 rings (SSSR count). The van der Waals surface area contributed by atoms with Gasteiger partial charge < -0.3 is 14.2 Å². The van der Waals surface area contributed by atoms with E-state index in [0.29, 0.717) is 6.61 Å². The quantitative estimate of drug-likeness (QED) is 0.845. The van der Waals surface area contributed by atoms with Crippen LogP contribution in [-0.4, -0.2) is 49.6 Å². The molecule has 1 fully saturated rings. The number of aromatic nitrogens is 1. The van der Waals surface area contributed by atoms with Gasteiger partial charge in [0.15, 0.2) is 0 Å². The highest BCUT2D eigenvalue weighted by molar-refractivity contribution is 7.89. The summed E-state index contributed by atoms with van der Waals surface area (Å²) in [6.07, 6.45) is 2.09. The van der Waals surface area contributed by atoms with E-state index < -0.39 is 10.0 Å². The van der Waals surface area contributed by atoms with Gasteiger partial charge in [-0.05, 0) is 19.4 Å². The predicted octanol–water partition coefficient (Wildman–Crippen LogP) is -0.0781. The zero-order valence-electron chi connectivity index (χ0n) is 11.7. The molecule has 0 spiro atoms. The number of primary sulfonamides is 1. The van der Waals surface area contributed by atoms with Gasteiger partial charge in [-0.3, -0.25) is 4.79 Å². The number of hydrogen-bond donors (Lipinski definition) is 1. The molecule has 1 amide bonds. The van der Waals surface area contributed by atoms with Crippen molar-refractivity contribution in [3.05, 3.63) is 18.0 Å². The highest BCUT2D eigenvalue weighted by Gasteiger charge is 2.32. The minimum absolute atomic E-state index is 0.00432. The topological polar surface area (TPSA) is 94.6 Å². The summed E-state index contributed by atoms with van der Waals surface area (Å²) in [7, 11) is -0.498. The highest BCUT2D eigenvalue weighted by atomic mass is 32.2. The lowest BCUT2D eigenvalue weighted by Crippen LogP contribution is -2.41. The van der Waals surface area contributed by atoms with Crippen molar-refractivity contribution < 1.29 is 17.9 Å². The molecule has 1 aromatic heterocycles. The third-order valence-electron chi connectivity index (χ3n) is 3.68. The van der Waals surface area contributed by atoms with E-state index in [-0.39, 0.29) is 28.6 Å². The molecule has 112 valence electrons.